The second kappa shape index (κ2) is 7.97. The maximum Gasteiger partial charge on any atom is 0.333 e. The minimum atomic E-state index is -0.350. The summed E-state index contributed by atoms with van der Waals surface area (Å²) in [5.41, 5.74) is 6.73. The second-order valence-corrected chi connectivity index (χ2v) is 6.93. The minimum Gasteiger partial charge on any atom is -0.379 e. The molecule has 0 spiro atoms. The fraction of sp³-hybridized carbons (Fsp3) is 0.389. The van der Waals surface area contributed by atoms with Crippen LogP contribution < -0.4 is 10.7 Å². The molecule has 3 heterocycles. The topological polar surface area (TPSA) is 114 Å². The lowest BCUT2D eigenvalue weighted by atomic mass is 10.2. The van der Waals surface area contributed by atoms with Crippen LogP contribution in [0.5, 0.6) is 0 Å². The molecule has 0 unspecified atom stereocenters. The lowest BCUT2D eigenvalue weighted by molar-refractivity contribution is 0.0342. The highest BCUT2D eigenvalue weighted by Crippen LogP contribution is 2.26. The van der Waals surface area contributed by atoms with E-state index < -0.39 is 0 Å². The molecule has 1 aliphatic rings. The number of aromatic nitrogens is 4. The number of ether oxygens (including phenoxy) is 1. The Morgan fingerprint density at radius 2 is 2.14 bits per heavy atom. The van der Waals surface area contributed by atoms with Crippen LogP contribution in [0.4, 0.5) is 10.5 Å². The third kappa shape index (κ3) is 4.14. The molecule has 1 aliphatic heterocycles. The number of aromatic amines is 2. The number of anilines is 1. The lowest BCUT2D eigenvalue weighted by Crippen LogP contribution is -2.39. The van der Waals surface area contributed by atoms with Crippen molar-refractivity contribution in [2.75, 3.05) is 45.7 Å². The Labute approximate surface area is 162 Å². The standard InChI is InChI=1S/C18H24N8O2/c1-25(2)24-18(27)22-15-10-19-23-16(15)17-20-13-4-3-12(9-14(13)21-17)11-26-5-7-28-8-6-26/h3-4,9-10H,5-8,11H2,1-2H3,(H,19,23)(H,20,21)(H2,22,24,27). The van der Waals surface area contributed by atoms with Gasteiger partial charge in [-0.25, -0.2) is 14.8 Å². The first kappa shape index (κ1) is 18.4. The number of nitrogens with one attached hydrogen (secondary N) is 4. The average molecular weight is 384 g/mol. The van der Waals surface area contributed by atoms with E-state index in [9.17, 15) is 4.79 Å². The molecule has 4 N–H and O–H groups in total. The first-order valence-corrected chi connectivity index (χ1v) is 9.16. The zero-order chi connectivity index (χ0) is 19.5. The van der Waals surface area contributed by atoms with Crippen molar-refractivity contribution in [1.82, 2.24) is 35.5 Å². The van der Waals surface area contributed by atoms with Gasteiger partial charge in [0.05, 0.1) is 29.9 Å². The van der Waals surface area contributed by atoms with Gasteiger partial charge in [-0.2, -0.15) is 5.10 Å². The summed E-state index contributed by atoms with van der Waals surface area (Å²) in [5, 5.41) is 11.3. The van der Waals surface area contributed by atoms with Gasteiger partial charge in [-0.15, -0.1) is 0 Å². The summed E-state index contributed by atoms with van der Waals surface area (Å²) in [6.07, 6.45) is 1.63. The maximum absolute atomic E-state index is 12.0. The highest BCUT2D eigenvalue weighted by molar-refractivity contribution is 5.93. The molecule has 148 valence electrons. The third-order valence-corrected chi connectivity index (χ3v) is 4.50. The van der Waals surface area contributed by atoms with Gasteiger partial charge in [-0.3, -0.25) is 15.4 Å². The van der Waals surface area contributed by atoms with Crippen molar-refractivity contribution in [3.05, 3.63) is 30.0 Å². The molecule has 4 rings (SSSR count). The van der Waals surface area contributed by atoms with Gasteiger partial charge < -0.3 is 15.0 Å². The molecule has 28 heavy (non-hydrogen) atoms. The molecule has 1 aromatic carbocycles. The Balaban J connectivity index is 1.53. The van der Waals surface area contributed by atoms with Gasteiger partial charge in [0, 0.05) is 39.9 Å². The number of carbonyl (C=O) groups excluding carboxylic acids is 1. The molecule has 2 amide bonds. The Bertz CT molecular complexity index is 958. The predicted molar refractivity (Wildman–Crippen MR) is 106 cm³/mol. The monoisotopic (exact) mass is 384 g/mol. The number of H-pyrrole nitrogens is 2. The van der Waals surface area contributed by atoms with Crippen LogP contribution >= 0.6 is 0 Å². The van der Waals surface area contributed by atoms with Crippen LogP contribution in [0.15, 0.2) is 24.4 Å². The fourth-order valence-electron chi connectivity index (χ4n) is 3.20. The first-order valence-electron chi connectivity index (χ1n) is 9.16. The van der Waals surface area contributed by atoms with Gasteiger partial charge in [0.15, 0.2) is 11.5 Å². The van der Waals surface area contributed by atoms with E-state index in [1.807, 2.05) is 6.07 Å². The molecule has 10 nitrogen and oxygen atoms in total. The van der Waals surface area contributed by atoms with E-state index in [0.29, 0.717) is 17.2 Å². The molecule has 1 fully saturated rings. The maximum atomic E-state index is 12.0. The molecular formula is C18H24N8O2. The number of fused-ring (bicyclic) bond motifs is 1. The number of urea groups is 1. The number of morpholine rings is 1. The van der Waals surface area contributed by atoms with E-state index in [2.05, 4.69) is 47.9 Å². The molecule has 2 aromatic heterocycles. The van der Waals surface area contributed by atoms with Gasteiger partial charge in [0.2, 0.25) is 0 Å². The van der Waals surface area contributed by atoms with Crippen molar-refractivity contribution < 1.29 is 9.53 Å². The van der Waals surface area contributed by atoms with E-state index in [4.69, 9.17) is 4.74 Å². The van der Waals surface area contributed by atoms with Crippen LogP contribution in [-0.2, 0) is 11.3 Å². The minimum absolute atomic E-state index is 0.350. The molecule has 0 bridgehead atoms. The van der Waals surface area contributed by atoms with Crippen molar-refractivity contribution >= 4 is 22.8 Å². The third-order valence-electron chi connectivity index (χ3n) is 4.50. The van der Waals surface area contributed by atoms with Gasteiger partial charge in [-0.1, -0.05) is 6.07 Å². The van der Waals surface area contributed by atoms with Crippen LogP contribution in [0, 0.1) is 0 Å². The Morgan fingerprint density at radius 3 is 2.93 bits per heavy atom. The number of rotatable bonds is 5. The summed E-state index contributed by atoms with van der Waals surface area (Å²) < 4.78 is 5.41. The Kier molecular flexibility index (Phi) is 5.24. The highest BCUT2D eigenvalue weighted by atomic mass is 16.5. The smallest absolute Gasteiger partial charge is 0.333 e. The van der Waals surface area contributed by atoms with Crippen LogP contribution in [0.2, 0.25) is 0 Å². The van der Waals surface area contributed by atoms with Gasteiger partial charge in [0.1, 0.15) is 0 Å². The summed E-state index contributed by atoms with van der Waals surface area (Å²) in [7, 11) is 3.48. The molecule has 10 heteroatoms. The molecule has 0 saturated carbocycles. The molecule has 1 saturated heterocycles. The summed E-state index contributed by atoms with van der Waals surface area (Å²) >= 11 is 0. The number of hydrazine groups is 1. The van der Waals surface area contributed by atoms with Crippen molar-refractivity contribution in [2.24, 2.45) is 0 Å². The number of hydrogen-bond acceptors (Lipinski definition) is 6. The summed E-state index contributed by atoms with van der Waals surface area (Å²) in [5.74, 6) is 0.597. The van der Waals surface area contributed by atoms with Crippen molar-refractivity contribution in [3.63, 3.8) is 0 Å². The summed E-state index contributed by atoms with van der Waals surface area (Å²) in [6, 6.07) is 5.87. The van der Waals surface area contributed by atoms with E-state index in [1.165, 1.54) is 5.56 Å². The molecule has 3 aromatic rings. The summed E-state index contributed by atoms with van der Waals surface area (Å²) in [4.78, 5) is 22.3. The molecule has 0 atom stereocenters. The van der Waals surface area contributed by atoms with Crippen molar-refractivity contribution in [2.45, 2.75) is 6.54 Å². The fourth-order valence-corrected chi connectivity index (χ4v) is 3.20. The number of imidazole rings is 1. The van der Waals surface area contributed by atoms with E-state index >= 15 is 0 Å². The van der Waals surface area contributed by atoms with Crippen LogP contribution in [0.1, 0.15) is 5.56 Å². The Morgan fingerprint density at radius 1 is 1.32 bits per heavy atom. The number of nitrogens with zero attached hydrogens (tertiary/aromatic N) is 4. The first-order chi connectivity index (χ1) is 13.6. The van der Waals surface area contributed by atoms with Crippen LogP contribution in [0.25, 0.3) is 22.6 Å². The van der Waals surface area contributed by atoms with Gasteiger partial charge >= 0.3 is 6.03 Å². The average Bonchev–Trinajstić information content (AvgIpc) is 3.27. The van der Waals surface area contributed by atoms with E-state index in [-0.39, 0.29) is 6.03 Å². The largest absolute Gasteiger partial charge is 0.379 e. The highest BCUT2D eigenvalue weighted by Gasteiger charge is 2.16. The number of amides is 2. The Hall–Kier alpha value is -2.95. The zero-order valence-corrected chi connectivity index (χ0v) is 16.0. The van der Waals surface area contributed by atoms with Crippen molar-refractivity contribution in [3.8, 4) is 11.5 Å². The van der Waals surface area contributed by atoms with Gasteiger partial charge in [-0.05, 0) is 17.7 Å². The predicted octanol–water partition coefficient (Wildman–Crippen LogP) is 1.38. The molecular weight excluding hydrogens is 360 g/mol. The number of benzene rings is 1. The van der Waals surface area contributed by atoms with E-state index in [0.717, 1.165) is 43.9 Å². The number of carbonyl (C=O) groups is 1. The lowest BCUT2D eigenvalue weighted by Gasteiger charge is -2.26. The zero-order valence-electron chi connectivity index (χ0n) is 16.0. The van der Waals surface area contributed by atoms with Crippen molar-refractivity contribution in [1.29, 1.82) is 0 Å². The van der Waals surface area contributed by atoms with E-state index in [1.54, 1.807) is 25.3 Å². The quantitative estimate of drug-likeness (QED) is 0.494. The van der Waals surface area contributed by atoms with Crippen LogP contribution in [-0.4, -0.2) is 76.5 Å². The second-order valence-electron chi connectivity index (χ2n) is 6.93. The van der Waals surface area contributed by atoms with Gasteiger partial charge in [0.25, 0.3) is 0 Å². The molecule has 0 radical (unpaired) electrons. The normalized spacial score (nSPS) is 15.2. The number of hydrogen-bond donors (Lipinski definition) is 4. The summed E-state index contributed by atoms with van der Waals surface area (Å²) in [6.45, 7) is 4.33. The van der Waals surface area contributed by atoms with Crippen LogP contribution in [0.3, 0.4) is 0 Å². The molecule has 0 aliphatic carbocycles. The SMILES string of the molecule is CN(C)NC(=O)Nc1c[nH]nc1-c1nc2cc(CN3CCOCC3)ccc2[nH]1.